The van der Waals surface area contributed by atoms with E-state index in [1.165, 1.54) is 0 Å². The Kier molecular flexibility index (Phi) is 7.15. The van der Waals surface area contributed by atoms with Crippen molar-refractivity contribution in [2.24, 2.45) is 0 Å². The van der Waals surface area contributed by atoms with E-state index in [4.69, 9.17) is 9.16 Å². The number of carbonyl (C=O) groups is 1. The molecular formula is C19H39NO4Si. The maximum atomic E-state index is 12.6. The molecule has 1 aliphatic rings. The topological polar surface area (TPSA) is 59.0 Å². The highest BCUT2D eigenvalue weighted by Gasteiger charge is 2.44. The number of aliphatic hydroxyl groups is 1. The SMILES string of the molecule is CC(O)CCC1CC(O[Si](C)(C)C(C)(C)C)CN1C(=O)OC(C)(C)C. The van der Waals surface area contributed by atoms with E-state index in [-0.39, 0.29) is 29.4 Å². The van der Waals surface area contributed by atoms with Crippen LogP contribution in [0.5, 0.6) is 0 Å². The first-order valence-electron chi connectivity index (χ1n) is 9.48. The van der Waals surface area contributed by atoms with Gasteiger partial charge >= 0.3 is 6.09 Å². The minimum atomic E-state index is -1.88. The smallest absolute Gasteiger partial charge is 0.410 e. The van der Waals surface area contributed by atoms with E-state index >= 15 is 0 Å². The Morgan fingerprint density at radius 1 is 1.24 bits per heavy atom. The second-order valence-corrected chi connectivity index (χ2v) is 14.7. The molecule has 148 valence electrons. The molecule has 0 aliphatic carbocycles. The molecule has 3 atom stereocenters. The highest BCUT2D eigenvalue weighted by molar-refractivity contribution is 6.74. The van der Waals surface area contributed by atoms with Gasteiger partial charge in [-0.15, -0.1) is 0 Å². The van der Waals surface area contributed by atoms with Gasteiger partial charge in [-0.05, 0) is 65.1 Å². The Morgan fingerprint density at radius 2 is 1.80 bits per heavy atom. The molecule has 6 heteroatoms. The maximum absolute atomic E-state index is 12.6. The van der Waals surface area contributed by atoms with Crippen molar-refractivity contribution in [1.82, 2.24) is 4.90 Å². The van der Waals surface area contributed by atoms with Crippen LogP contribution in [-0.4, -0.2) is 54.8 Å². The van der Waals surface area contributed by atoms with Crippen molar-refractivity contribution in [2.75, 3.05) is 6.54 Å². The zero-order chi connectivity index (χ0) is 19.6. The first-order valence-corrected chi connectivity index (χ1v) is 12.4. The summed E-state index contributed by atoms with van der Waals surface area (Å²) in [6, 6.07) is 0.0687. The first-order chi connectivity index (χ1) is 11.1. The van der Waals surface area contributed by atoms with Crippen molar-refractivity contribution in [3.63, 3.8) is 0 Å². The van der Waals surface area contributed by atoms with Gasteiger partial charge in [0.15, 0.2) is 8.32 Å². The van der Waals surface area contributed by atoms with Crippen LogP contribution < -0.4 is 0 Å². The number of carbonyl (C=O) groups excluding carboxylic acids is 1. The van der Waals surface area contributed by atoms with Gasteiger partial charge in [-0.25, -0.2) is 4.79 Å². The maximum Gasteiger partial charge on any atom is 0.410 e. The fourth-order valence-corrected chi connectivity index (χ4v) is 4.16. The number of hydrogen-bond donors (Lipinski definition) is 1. The van der Waals surface area contributed by atoms with Crippen molar-refractivity contribution >= 4 is 14.4 Å². The lowest BCUT2D eigenvalue weighted by atomic mass is 10.1. The van der Waals surface area contributed by atoms with E-state index in [1.807, 2.05) is 25.7 Å². The molecule has 0 bridgehead atoms. The zero-order valence-electron chi connectivity index (χ0n) is 17.7. The predicted molar refractivity (Wildman–Crippen MR) is 104 cm³/mol. The van der Waals surface area contributed by atoms with Crippen molar-refractivity contribution in [1.29, 1.82) is 0 Å². The lowest BCUT2D eigenvalue weighted by Crippen LogP contribution is -2.45. The largest absolute Gasteiger partial charge is 0.444 e. The molecule has 1 aliphatic heterocycles. The van der Waals surface area contributed by atoms with Crippen LogP contribution in [0.3, 0.4) is 0 Å². The Morgan fingerprint density at radius 3 is 2.24 bits per heavy atom. The van der Waals surface area contributed by atoms with Crippen LogP contribution in [0.15, 0.2) is 0 Å². The summed E-state index contributed by atoms with van der Waals surface area (Å²) in [7, 11) is -1.88. The molecule has 0 aromatic carbocycles. The van der Waals surface area contributed by atoms with Gasteiger partial charge in [0.05, 0.1) is 12.2 Å². The van der Waals surface area contributed by atoms with E-state index in [2.05, 4.69) is 33.9 Å². The molecule has 3 unspecified atom stereocenters. The number of likely N-dealkylation sites (tertiary alicyclic amines) is 1. The molecule has 25 heavy (non-hydrogen) atoms. The van der Waals surface area contributed by atoms with Gasteiger partial charge in [0.25, 0.3) is 0 Å². The minimum absolute atomic E-state index is 0.0485. The normalized spacial score (nSPS) is 23.7. The van der Waals surface area contributed by atoms with Crippen molar-refractivity contribution < 1.29 is 19.1 Å². The minimum Gasteiger partial charge on any atom is -0.444 e. The van der Waals surface area contributed by atoms with E-state index in [0.29, 0.717) is 13.0 Å². The third kappa shape index (κ3) is 6.91. The Hall–Kier alpha value is -0.593. The van der Waals surface area contributed by atoms with Gasteiger partial charge in [0.2, 0.25) is 0 Å². The van der Waals surface area contributed by atoms with E-state index in [1.54, 1.807) is 6.92 Å². The molecule has 1 N–H and O–H groups in total. The molecule has 0 saturated carbocycles. The molecule has 0 spiro atoms. The molecule has 0 radical (unpaired) electrons. The van der Waals surface area contributed by atoms with Crippen molar-refractivity contribution in [3.05, 3.63) is 0 Å². The van der Waals surface area contributed by atoms with E-state index < -0.39 is 13.9 Å². The first kappa shape index (κ1) is 22.4. The van der Waals surface area contributed by atoms with Crippen LogP contribution in [0.25, 0.3) is 0 Å². The lowest BCUT2D eigenvalue weighted by molar-refractivity contribution is 0.0194. The molecule has 1 saturated heterocycles. The summed E-state index contributed by atoms with van der Waals surface area (Å²) in [5.74, 6) is 0. The second kappa shape index (κ2) is 7.97. The monoisotopic (exact) mass is 373 g/mol. The second-order valence-electron chi connectivity index (χ2n) is 9.95. The number of amides is 1. The average Bonchev–Trinajstić information content (AvgIpc) is 2.75. The van der Waals surface area contributed by atoms with Crippen LogP contribution in [0.2, 0.25) is 18.1 Å². The van der Waals surface area contributed by atoms with Crippen LogP contribution in [0, 0.1) is 0 Å². The summed E-state index contributed by atoms with van der Waals surface area (Å²) in [4.78, 5) is 14.4. The summed E-state index contributed by atoms with van der Waals surface area (Å²) in [6.07, 6.45) is 1.68. The van der Waals surface area contributed by atoms with Crippen molar-refractivity contribution in [2.45, 2.75) is 110 Å². The summed E-state index contributed by atoms with van der Waals surface area (Å²) < 4.78 is 12.1. The highest BCUT2D eigenvalue weighted by atomic mass is 28.4. The van der Waals surface area contributed by atoms with Gasteiger partial charge in [0, 0.05) is 12.6 Å². The van der Waals surface area contributed by atoms with Gasteiger partial charge in [-0.1, -0.05) is 20.8 Å². The van der Waals surface area contributed by atoms with Gasteiger partial charge in [-0.3, -0.25) is 0 Å². The predicted octanol–water partition coefficient (Wildman–Crippen LogP) is 4.55. The quantitative estimate of drug-likeness (QED) is 0.718. The van der Waals surface area contributed by atoms with Gasteiger partial charge < -0.3 is 19.2 Å². The molecule has 1 rings (SSSR count). The van der Waals surface area contributed by atoms with Crippen LogP contribution in [0.1, 0.15) is 67.7 Å². The summed E-state index contributed by atoms with van der Waals surface area (Å²) in [6.45, 7) is 19.2. The van der Waals surface area contributed by atoms with Crippen molar-refractivity contribution in [3.8, 4) is 0 Å². The molecular weight excluding hydrogens is 334 g/mol. The molecule has 1 fully saturated rings. The fourth-order valence-electron chi connectivity index (χ4n) is 2.80. The van der Waals surface area contributed by atoms with Gasteiger partial charge in [-0.2, -0.15) is 0 Å². The number of nitrogens with zero attached hydrogens (tertiary/aromatic N) is 1. The number of hydrogen-bond acceptors (Lipinski definition) is 4. The number of ether oxygens (including phenoxy) is 1. The number of aliphatic hydroxyl groups excluding tert-OH is 1. The third-order valence-electron chi connectivity index (χ3n) is 5.19. The number of rotatable bonds is 5. The van der Waals surface area contributed by atoms with Crippen LogP contribution in [0.4, 0.5) is 4.79 Å². The molecule has 1 heterocycles. The summed E-state index contributed by atoms with van der Waals surface area (Å²) in [5, 5.41) is 9.76. The highest BCUT2D eigenvalue weighted by Crippen LogP contribution is 2.39. The van der Waals surface area contributed by atoms with E-state index in [9.17, 15) is 9.90 Å². The third-order valence-corrected chi connectivity index (χ3v) is 9.72. The Labute approximate surface area is 155 Å². The van der Waals surface area contributed by atoms with Crippen LogP contribution in [-0.2, 0) is 9.16 Å². The van der Waals surface area contributed by atoms with Crippen LogP contribution >= 0.6 is 0 Å². The fraction of sp³-hybridized carbons (Fsp3) is 0.947. The van der Waals surface area contributed by atoms with E-state index in [0.717, 1.165) is 12.8 Å². The molecule has 0 aromatic rings. The summed E-state index contributed by atoms with van der Waals surface area (Å²) in [5.41, 5.74) is -0.510. The summed E-state index contributed by atoms with van der Waals surface area (Å²) >= 11 is 0. The Balaban J connectivity index is 2.84. The molecule has 5 nitrogen and oxygen atoms in total. The molecule has 1 amide bonds. The van der Waals surface area contributed by atoms with Gasteiger partial charge in [0.1, 0.15) is 5.60 Å². The standard InChI is InChI=1S/C19H39NO4Si/c1-14(21)10-11-15-12-16(24-25(8,9)19(5,6)7)13-20(15)17(22)23-18(2,3)4/h14-16,21H,10-13H2,1-9H3. The zero-order valence-corrected chi connectivity index (χ0v) is 18.7. The molecule has 0 aromatic heterocycles. The average molecular weight is 374 g/mol. The lowest BCUT2D eigenvalue weighted by Gasteiger charge is -2.38. The Bertz CT molecular complexity index is 451.